The quantitative estimate of drug-likeness (QED) is 0.832. The van der Waals surface area contributed by atoms with Crippen LogP contribution in [0.1, 0.15) is 22.3 Å². The molecule has 0 aromatic heterocycles. The van der Waals surface area contributed by atoms with Crippen LogP contribution >= 0.6 is 11.8 Å². The SMILES string of the molecule is Cc1ccccc1N=C1S[C@@H](CC(=O)Nc2ccc(C(=O)[O-])cc2)C(=O)N1C. The van der Waals surface area contributed by atoms with Gasteiger partial charge < -0.3 is 15.2 Å². The van der Waals surface area contributed by atoms with Crippen LogP contribution in [0, 0.1) is 6.92 Å². The van der Waals surface area contributed by atoms with Crippen LogP contribution in [-0.2, 0) is 9.59 Å². The highest BCUT2D eigenvalue weighted by atomic mass is 32.2. The molecule has 1 atom stereocenters. The van der Waals surface area contributed by atoms with E-state index in [-0.39, 0.29) is 23.8 Å². The van der Waals surface area contributed by atoms with E-state index in [9.17, 15) is 19.5 Å². The molecule has 0 radical (unpaired) electrons. The fourth-order valence-corrected chi connectivity index (χ4v) is 3.81. The first-order valence-corrected chi connectivity index (χ1v) is 9.43. The minimum Gasteiger partial charge on any atom is -0.545 e. The van der Waals surface area contributed by atoms with E-state index in [0.29, 0.717) is 10.9 Å². The van der Waals surface area contributed by atoms with Gasteiger partial charge in [-0.1, -0.05) is 42.1 Å². The summed E-state index contributed by atoms with van der Waals surface area (Å²) < 4.78 is 0. The van der Waals surface area contributed by atoms with Gasteiger partial charge in [-0.15, -0.1) is 0 Å². The number of aliphatic imine (C=N–C) groups is 1. The molecule has 28 heavy (non-hydrogen) atoms. The Hall–Kier alpha value is -3.13. The zero-order valence-corrected chi connectivity index (χ0v) is 16.2. The number of rotatable bonds is 5. The number of amidine groups is 1. The molecule has 0 saturated carbocycles. The topological polar surface area (TPSA) is 102 Å². The molecule has 1 heterocycles. The number of hydrogen-bond acceptors (Lipinski definition) is 6. The van der Waals surface area contributed by atoms with Crippen molar-refractivity contribution < 1.29 is 19.5 Å². The van der Waals surface area contributed by atoms with E-state index in [4.69, 9.17) is 0 Å². The number of aryl methyl sites for hydroxylation is 1. The number of hydrogen-bond donors (Lipinski definition) is 1. The monoisotopic (exact) mass is 396 g/mol. The third-order valence-corrected chi connectivity index (χ3v) is 5.48. The molecular formula is C20H18N3O4S-. The largest absolute Gasteiger partial charge is 0.545 e. The predicted molar refractivity (Wildman–Crippen MR) is 106 cm³/mol. The van der Waals surface area contributed by atoms with Crippen molar-refractivity contribution in [1.82, 2.24) is 4.90 Å². The molecule has 8 heteroatoms. The maximum atomic E-state index is 12.5. The van der Waals surface area contributed by atoms with Gasteiger partial charge in [-0.25, -0.2) is 4.99 Å². The maximum absolute atomic E-state index is 12.5. The van der Waals surface area contributed by atoms with E-state index < -0.39 is 11.2 Å². The van der Waals surface area contributed by atoms with E-state index in [0.717, 1.165) is 11.3 Å². The Balaban J connectivity index is 1.65. The summed E-state index contributed by atoms with van der Waals surface area (Å²) in [7, 11) is 1.64. The number of carboxylic acid groups (broad SMARTS) is 1. The van der Waals surface area contributed by atoms with Crippen LogP contribution in [0.25, 0.3) is 0 Å². The van der Waals surface area contributed by atoms with E-state index in [2.05, 4.69) is 10.3 Å². The lowest BCUT2D eigenvalue weighted by atomic mass is 10.2. The van der Waals surface area contributed by atoms with Crippen LogP contribution in [0.5, 0.6) is 0 Å². The molecule has 7 nitrogen and oxygen atoms in total. The third kappa shape index (κ3) is 4.40. The summed E-state index contributed by atoms with van der Waals surface area (Å²) in [4.78, 5) is 41.5. The van der Waals surface area contributed by atoms with Gasteiger partial charge in [0.2, 0.25) is 11.8 Å². The van der Waals surface area contributed by atoms with Gasteiger partial charge in [0, 0.05) is 19.2 Å². The van der Waals surface area contributed by atoms with Crippen molar-refractivity contribution in [3.63, 3.8) is 0 Å². The molecule has 3 rings (SSSR count). The Morgan fingerprint density at radius 3 is 2.50 bits per heavy atom. The second kappa shape index (κ2) is 8.26. The van der Waals surface area contributed by atoms with Crippen LogP contribution in [-0.4, -0.2) is 40.1 Å². The number of benzene rings is 2. The zero-order valence-electron chi connectivity index (χ0n) is 15.3. The number of para-hydroxylation sites is 1. The summed E-state index contributed by atoms with van der Waals surface area (Å²) in [5, 5.41) is 13.4. The van der Waals surface area contributed by atoms with Crippen molar-refractivity contribution in [1.29, 1.82) is 0 Å². The number of carbonyl (C=O) groups excluding carboxylic acids is 3. The van der Waals surface area contributed by atoms with Crippen LogP contribution < -0.4 is 10.4 Å². The molecule has 1 fully saturated rings. The fourth-order valence-electron chi connectivity index (χ4n) is 2.66. The van der Waals surface area contributed by atoms with Crippen molar-refractivity contribution in [2.75, 3.05) is 12.4 Å². The van der Waals surface area contributed by atoms with Gasteiger partial charge in [0.05, 0.1) is 11.7 Å². The lowest BCUT2D eigenvalue weighted by molar-refractivity contribution is -0.255. The van der Waals surface area contributed by atoms with Gasteiger partial charge >= 0.3 is 0 Å². The highest BCUT2D eigenvalue weighted by Crippen LogP contribution is 2.31. The summed E-state index contributed by atoms with van der Waals surface area (Å²) >= 11 is 1.26. The zero-order chi connectivity index (χ0) is 20.3. The average Bonchev–Trinajstić information content (AvgIpc) is 2.92. The first kappa shape index (κ1) is 19.6. The van der Waals surface area contributed by atoms with Gasteiger partial charge in [-0.2, -0.15) is 0 Å². The molecule has 1 N–H and O–H groups in total. The van der Waals surface area contributed by atoms with E-state index in [1.807, 2.05) is 31.2 Å². The summed E-state index contributed by atoms with van der Waals surface area (Å²) in [5.41, 5.74) is 2.26. The number of nitrogens with one attached hydrogen (secondary N) is 1. The highest BCUT2D eigenvalue weighted by molar-refractivity contribution is 8.15. The van der Waals surface area contributed by atoms with Crippen LogP contribution in [0.2, 0.25) is 0 Å². The van der Waals surface area contributed by atoms with Crippen molar-refractivity contribution in [3.8, 4) is 0 Å². The summed E-state index contributed by atoms with van der Waals surface area (Å²) in [6.45, 7) is 1.94. The van der Waals surface area contributed by atoms with Gasteiger partial charge in [0.1, 0.15) is 5.25 Å². The molecule has 1 saturated heterocycles. The summed E-state index contributed by atoms with van der Waals surface area (Å²) in [6.07, 6.45) is -0.0110. The van der Waals surface area contributed by atoms with Crippen molar-refractivity contribution in [2.24, 2.45) is 4.99 Å². The van der Waals surface area contributed by atoms with E-state index in [1.165, 1.54) is 40.9 Å². The Morgan fingerprint density at radius 2 is 1.86 bits per heavy atom. The molecule has 144 valence electrons. The number of thioether (sulfide) groups is 1. The molecular weight excluding hydrogens is 378 g/mol. The van der Waals surface area contributed by atoms with Gasteiger partial charge in [0.15, 0.2) is 5.17 Å². The predicted octanol–water partition coefficient (Wildman–Crippen LogP) is 1.95. The second-order valence-corrected chi connectivity index (χ2v) is 7.47. The average molecular weight is 396 g/mol. The highest BCUT2D eigenvalue weighted by Gasteiger charge is 2.37. The lowest BCUT2D eigenvalue weighted by Crippen LogP contribution is -2.30. The van der Waals surface area contributed by atoms with Crippen molar-refractivity contribution in [2.45, 2.75) is 18.6 Å². The minimum atomic E-state index is -1.28. The molecule has 0 aliphatic carbocycles. The molecule has 2 aromatic carbocycles. The number of amides is 2. The molecule has 1 aliphatic heterocycles. The molecule has 2 aromatic rings. The fraction of sp³-hybridized carbons (Fsp3) is 0.200. The van der Waals surface area contributed by atoms with Crippen LogP contribution in [0.3, 0.4) is 0 Å². The number of carbonyl (C=O) groups is 3. The van der Waals surface area contributed by atoms with Gasteiger partial charge in [0.25, 0.3) is 0 Å². The smallest absolute Gasteiger partial charge is 0.242 e. The lowest BCUT2D eigenvalue weighted by Gasteiger charge is -2.10. The van der Waals surface area contributed by atoms with E-state index >= 15 is 0 Å². The van der Waals surface area contributed by atoms with Gasteiger partial charge in [-0.3, -0.25) is 14.5 Å². The number of carboxylic acids is 1. The molecule has 2 amide bonds. The van der Waals surface area contributed by atoms with Crippen LogP contribution in [0.15, 0.2) is 53.5 Å². The normalized spacial score (nSPS) is 17.8. The summed E-state index contributed by atoms with van der Waals surface area (Å²) in [5.74, 6) is -1.80. The Kier molecular flexibility index (Phi) is 5.79. The number of aromatic carboxylic acids is 1. The number of anilines is 1. The molecule has 0 unspecified atom stereocenters. The Morgan fingerprint density at radius 1 is 1.18 bits per heavy atom. The number of nitrogens with zero attached hydrogens (tertiary/aromatic N) is 2. The Labute approximate surface area is 166 Å². The van der Waals surface area contributed by atoms with E-state index in [1.54, 1.807) is 7.05 Å². The third-order valence-electron chi connectivity index (χ3n) is 4.25. The van der Waals surface area contributed by atoms with Crippen molar-refractivity contribution >= 4 is 46.1 Å². The molecule has 1 aliphatic rings. The van der Waals surface area contributed by atoms with Crippen LogP contribution in [0.4, 0.5) is 11.4 Å². The second-order valence-electron chi connectivity index (χ2n) is 6.30. The molecule has 0 spiro atoms. The molecule has 0 bridgehead atoms. The minimum absolute atomic E-state index is 0.0110. The van der Waals surface area contributed by atoms with Crippen molar-refractivity contribution in [3.05, 3.63) is 59.7 Å². The Bertz CT molecular complexity index is 956. The standard InChI is InChI=1S/C20H19N3O4S/c1-12-5-3-4-6-15(12)22-20-23(2)18(25)16(28-20)11-17(24)21-14-9-7-13(8-10-14)19(26)27/h3-10,16H,11H2,1-2H3,(H,21,24)(H,26,27)/p-1/t16-/m0/s1. The maximum Gasteiger partial charge on any atom is 0.242 e. The summed E-state index contributed by atoms with van der Waals surface area (Å²) in [6, 6.07) is 13.3. The first-order valence-electron chi connectivity index (χ1n) is 8.55. The van der Waals surface area contributed by atoms with Gasteiger partial charge in [-0.05, 0) is 36.2 Å². The first-order chi connectivity index (χ1) is 13.3.